The van der Waals surface area contributed by atoms with Crippen LogP contribution in [0.25, 0.3) is 22.4 Å². The summed E-state index contributed by atoms with van der Waals surface area (Å²) in [5.74, 6) is -0.223. The molecule has 8 heteroatoms. The van der Waals surface area contributed by atoms with Crippen molar-refractivity contribution >= 4 is 21.3 Å². The van der Waals surface area contributed by atoms with Gasteiger partial charge >= 0.3 is 5.82 Å². The fraction of sp³-hybridized carbons (Fsp3) is 0.120. The number of rotatable bonds is 4. The zero-order valence-electron chi connectivity index (χ0n) is 18.0. The predicted molar refractivity (Wildman–Crippen MR) is 128 cm³/mol. The van der Waals surface area contributed by atoms with Crippen molar-refractivity contribution in [1.82, 2.24) is 4.98 Å². The molecular formula is C25H21N3O4S. The Kier molecular flexibility index (Phi) is 4.83. The van der Waals surface area contributed by atoms with Crippen molar-refractivity contribution in [1.29, 1.82) is 0 Å². The lowest BCUT2D eigenvalue weighted by Gasteiger charge is -2.27. The summed E-state index contributed by atoms with van der Waals surface area (Å²) < 4.78 is 27.8. The molecule has 2 heterocycles. The number of aryl methyl sites for hydroxylation is 2. The van der Waals surface area contributed by atoms with E-state index >= 15 is 0 Å². The molecular weight excluding hydrogens is 438 g/mol. The van der Waals surface area contributed by atoms with Crippen LogP contribution in [-0.4, -0.2) is 18.3 Å². The average Bonchev–Trinajstić information content (AvgIpc) is 3.20. The quantitative estimate of drug-likeness (QED) is 0.298. The molecule has 7 nitrogen and oxygen atoms in total. The number of aromatic amines is 1. The van der Waals surface area contributed by atoms with Gasteiger partial charge in [0, 0.05) is 16.8 Å². The van der Waals surface area contributed by atoms with E-state index in [1.54, 1.807) is 42.5 Å². The van der Waals surface area contributed by atoms with Gasteiger partial charge in [-0.3, -0.25) is 0 Å². The van der Waals surface area contributed by atoms with Gasteiger partial charge in [0.25, 0.3) is 0 Å². The number of hydrogen-bond donors (Lipinski definition) is 2. The summed E-state index contributed by atoms with van der Waals surface area (Å²) in [6, 6.07) is 21.2. The van der Waals surface area contributed by atoms with Crippen LogP contribution in [0.3, 0.4) is 0 Å². The Morgan fingerprint density at radius 1 is 0.909 bits per heavy atom. The molecule has 33 heavy (non-hydrogen) atoms. The lowest BCUT2D eigenvalue weighted by Crippen LogP contribution is -2.25. The molecule has 1 aliphatic heterocycles. The van der Waals surface area contributed by atoms with Crippen LogP contribution in [0, 0.1) is 24.0 Å². The highest BCUT2D eigenvalue weighted by atomic mass is 32.2. The van der Waals surface area contributed by atoms with E-state index in [9.17, 15) is 18.5 Å². The lowest BCUT2D eigenvalue weighted by atomic mass is 9.94. The molecule has 0 saturated carbocycles. The third-order valence-corrected chi connectivity index (χ3v) is 7.80. The molecule has 1 unspecified atom stereocenters. The molecule has 3 aromatic carbocycles. The third-order valence-electron chi connectivity index (χ3n) is 5.92. The first-order valence-electron chi connectivity index (χ1n) is 10.4. The van der Waals surface area contributed by atoms with Crippen LogP contribution in [0.4, 0.5) is 11.5 Å². The first-order chi connectivity index (χ1) is 15.8. The normalized spacial score (nSPS) is 14.8. The third kappa shape index (κ3) is 3.39. The number of sulfone groups is 1. The summed E-state index contributed by atoms with van der Waals surface area (Å²) >= 11 is 0. The minimum atomic E-state index is -3.95. The van der Waals surface area contributed by atoms with Crippen molar-refractivity contribution in [3.8, 4) is 22.4 Å². The molecule has 1 aliphatic rings. The molecule has 0 saturated heterocycles. The van der Waals surface area contributed by atoms with E-state index in [4.69, 9.17) is 0 Å². The molecule has 0 spiro atoms. The summed E-state index contributed by atoms with van der Waals surface area (Å²) in [6.07, 6.45) is 0. The van der Waals surface area contributed by atoms with Crippen molar-refractivity contribution in [3.63, 3.8) is 0 Å². The second kappa shape index (κ2) is 7.60. The Balaban J connectivity index is 1.84. The fourth-order valence-corrected chi connectivity index (χ4v) is 6.04. The van der Waals surface area contributed by atoms with Crippen LogP contribution in [-0.2, 0) is 9.84 Å². The Labute approximate surface area is 191 Å². The molecule has 1 atom stereocenters. The maximum absolute atomic E-state index is 13.9. The number of para-hydroxylation sites is 1. The second-order valence-electron chi connectivity index (χ2n) is 8.19. The molecule has 166 valence electrons. The summed E-state index contributed by atoms with van der Waals surface area (Å²) in [5.41, 5.74) is 4.70. The van der Waals surface area contributed by atoms with E-state index in [2.05, 4.69) is 10.3 Å². The monoisotopic (exact) mass is 459 g/mol. The van der Waals surface area contributed by atoms with E-state index in [-0.39, 0.29) is 10.7 Å². The molecule has 0 bridgehead atoms. The van der Waals surface area contributed by atoms with Gasteiger partial charge in [0.15, 0.2) is 5.37 Å². The number of benzene rings is 3. The van der Waals surface area contributed by atoms with Gasteiger partial charge in [-0.25, -0.2) is 13.4 Å². The van der Waals surface area contributed by atoms with Crippen LogP contribution in [0.15, 0.2) is 77.7 Å². The first-order valence-corrected chi connectivity index (χ1v) is 12.0. The molecule has 0 aliphatic carbocycles. The number of nitrogens with zero attached hydrogens (tertiary/aromatic N) is 1. The number of anilines is 1. The van der Waals surface area contributed by atoms with Crippen LogP contribution in [0.1, 0.15) is 22.1 Å². The Hall–Kier alpha value is -3.91. The SMILES string of the molecule is Cc1ccc(-c2[nH]c([N+](=O)[O-])c3c2C(S(=O)(=O)c2cccc(C)c2)Nc2ccccc2-3)cc1. The molecule has 1 aromatic heterocycles. The van der Waals surface area contributed by atoms with Gasteiger partial charge in [0.1, 0.15) is 5.69 Å². The highest BCUT2D eigenvalue weighted by Gasteiger charge is 2.43. The fourth-order valence-electron chi connectivity index (χ4n) is 4.32. The molecule has 0 radical (unpaired) electrons. The van der Waals surface area contributed by atoms with Crippen LogP contribution in [0.5, 0.6) is 0 Å². The van der Waals surface area contributed by atoms with E-state index < -0.39 is 20.1 Å². The minimum absolute atomic E-state index is 0.157. The van der Waals surface area contributed by atoms with Gasteiger partial charge in [-0.1, -0.05) is 60.2 Å². The van der Waals surface area contributed by atoms with E-state index in [0.717, 1.165) is 11.1 Å². The van der Waals surface area contributed by atoms with Gasteiger partial charge in [-0.05, 0) is 42.5 Å². The van der Waals surface area contributed by atoms with Crippen LogP contribution in [0.2, 0.25) is 0 Å². The zero-order chi connectivity index (χ0) is 23.3. The highest BCUT2D eigenvalue weighted by molar-refractivity contribution is 7.91. The number of H-pyrrole nitrogens is 1. The van der Waals surface area contributed by atoms with Gasteiger partial charge in [-0.15, -0.1) is 0 Å². The maximum atomic E-state index is 13.9. The summed E-state index contributed by atoms with van der Waals surface area (Å²) in [5, 5.41) is 14.0. The van der Waals surface area contributed by atoms with Gasteiger partial charge in [0.2, 0.25) is 9.84 Å². The number of fused-ring (bicyclic) bond motifs is 3. The Morgan fingerprint density at radius 3 is 2.33 bits per heavy atom. The van der Waals surface area contributed by atoms with Crippen molar-refractivity contribution < 1.29 is 13.3 Å². The van der Waals surface area contributed by atoms with Crippen LogP contribution >= 0.6 is 0 Å². The van der Waals surface area contributed by atoms with E-state index in [1.165, 1.54) is 0 Å². The number of nitro groups is 1. The molecule has 4 aromatic rings. The van der Waals surface area contributed by atoms with Crippen LogP contribution < -0.4 is 5.32 Å². The smallest absolute Gasteiger partial charge is 0.329 e. The average molecular weight is 460 g/mol. The summed E-state index contributed by atoms with van der Waals surface area (Å²) in [7, 11) is -3.95. The first kappa shape index (κ1) is 21.0. The number of hydrogen-bond acceptors (Lipinski definition) is 5. The number of nitrogens with one attached hydrogen (secondary N) is 2. The number of aromatic nitrogens is 1. The largest absolute Gasteiger partial charge is 0.364 e. The van der Waals surface area contributed by atoms with Gasteiger partial charge < -0.3 is 15.4 Å². The molecule has 0 fully saturated rings. The van der Waals surface area contributed by atoms with Crippen molar-refractivity contribution in [3.05, 3.63) is 99.6 Å². The predicted octanol–water partition coefficient (Wildman–Crippen LogP) is 5.77. The highest BCUT2D eigenvalue weighted by Crippen LogP contribution is 2.51. The lowest BCUT2D eigenvalue weighted by molar-refractivity contribution is -0.388. The van der Waals surface area contributed by atoms with Crippen molar-refractivity contribution in [2.75, 3.05) is 5.32 Å². The molecule has 0 amide bonds. The maximum Gasteiger partial charge on any atom is 0.329 e. The molecule has 2 N–H and O–H groups in total. The second-order valence-corrected chi connectivity index (χ2v) is 10.2. The standard InChI is InChI=1S/C25H21N3O4S/c1-15-10-12-17(13-11-15)23-22-21(24(27-23)28(29)30)19-8-3-4-9-20(19)26-25(22)33(31,32)18-7-5-6-16(2)14-18/h3-14,25-27H,1-2H3. The van der Waals surface area contributed by atoms with Gasteiger partial charge in [-0.2, -0.15) is 0 Å². The Morgan fingerprint density at radius 2 is 1.64 bits per heavy atom. The van der Waals surface area contributed by atoms with Crippen molar-refractivity contribution in [2.45, 2.75) is 24.1 Å². The molecule has 5 rings (SSSR count). The Bertz CT molecular complexity index is 1510. The van der Waals surface area contributed by atoms with Gasteiger partial charge in [0.05, 0.1) is 16.0 Å². The van der Waals surface area contributed by atoms with Crippen molar-refractivity contribution in [2.24, 2.45) is 0 Å². The zero-order valence-corrected chi connectivity index (χ0v) is 18.8. The topological polar surface area (TPSA) is 105 Å². The summed E-state index contributed by atoms with van der Waals surface area (Å²) in [4.78, 5) is 14.7. The summed E-state index contributed by atoms with van der Waals surface area (Å²) in [6.45, 7) is 3.77. The van der Waals surface area contributed by atoms with E-state index in [0.29, 0.717) is 33.6 Å². The van der Waals surface area contributed by atoms with E-state index in [1.807, 2.05) is 44.2 Å². The minimum Gasteiger partial charge on any atom is -0.364 e.